The molecule has 22 heavy (non-hydrogen) atoms. The van der Waals surface area contributed by atoms with Gasteiger partial charge in [0.05, 0.1) is 12.1 Å². The SMILES string of the molecule is CC(Cc1ccccc1)N(C)C(=O)[C@H](C)N(C)CC[C@@H](C)O. The van der Waals surface area contributed by atoms with Gasteiger partial charge >= 0.3 is 0 Å². The van der Waals surface area contributed by atoms with Gasteiger partial charge in [0.1, 0.15) is 0 Å². The van der Waals surface area contributed by atoms with Crippen molar-refractivity contribution in [1.82, 2.24) is 9.80 Å². The van der Waals surface area contributed by atoms with Gasteiger partial charge in [0.2, 0.25) is 5.91 Å². The third-order valence-corrected chi connectivity index (χ3v) is 4.30. The first kappa shape index (κ1) is 18.7. The van der Waals surface area contributed by atoms with Crippen LogP contribution in [0.1, 0.15) is 32.8 Å². The summed E-state index contributed by atoms with van der Waals surface area (Å²) in [6.07, 6.45) is 1.20. The predicted molar refractivity (Wildman–Crippen MR) is 90.8 cm³/mol. The molecule has 124 valence electrons. The van der Waals surface area contributed by atoms with Gasteiger partial charge in [-0.15, -0.1) is 0 Å². The quantitative estimate of drug-likeness (QED) is 0.800. The van der Waals surface area contributed by atoms with Crippen LogP contribution in [0.4, 0.5) is 0 Å². The molecule has 4 heteroatoms. The summed E-state index contributed by atoms with van der Waals surface area (Å²) < 4.78 is 0. The number of carbonyl (C=O) groups is 1. The second-order valence-electron chi connectivity index (χ2n) is 6.28. The molecule has 0 heterocycles. The number of hydrogen-bond donors (Lipinski definition) is 1. The average molecular weight is 306 g/mol. The van der Waals surface area contributed by atoms with Crippen LogP contribution in [-0.4, -0.2) is 59.6 Å². The second kappa shape index (κ2) is 8.91. The van der Waals surface area contributed by atoms with Gasteiger partial charge in [-0.25, -0.2) is 0 Å². The van der Waals surface area contributed by atoms with Crippen molar-refractivity contribution in [3.05, 3.63) is 35.9 Å². The molecule has 1 rings (SSSR count). The number of carbonyl (C=O) groups excluding carboxylic acids is 1. The molecular weight excluding hydrogens is 276 g/mol. The zero-order valence-electron chi connectivity index (χ0n) is 14.5. The molecule has 1 amide bonds. The third-order valence-electron chi connectivity index (χ3n) is 4.30. The van der Waals surface area contributed by atoms with Gasteiger partial charge in [0.25, 0.3) is 0 Å². The molecule has 1 unspecified atom stereocenters. The summed E-state index contributed by atoms with van der Waals surface area (Å²) in [6.45, 7) is 6.49. The maximum absolute atomic E-state index is 12.6. The van der Waals surface area contributed by atoms with E-state index in [-0.39, 0.29) is 24.1 Å². The van der Waals surface area contributed by atoms with E-state index in [2.05, 4.69) is 19.1 Å². The van der Waals surface area contributed by atoms with Crippen molar-refractivity contribution in [2.45, 2.75) is 51.8 Å². The lowest BCUT2D eigenvalue weighted by Gasteiger charge is -2.32. The first-order valence-electron chi connectivity index (χ1n) is 8.01. The lowest BCUT2D eigenvalue weighted by atomic mass is 10.1. The number of benzene rings is 1. The monoisotopic (exact) mass is 306 g/mol. The summed E-state index contributed by atoms with van der Waals surface area (Å²) in [5.41, 5.74) is 1.24. The summed E-state index contributed by atoms with van der Waals surface area (Å²) >= 11 is 0. The van der Waals surface area contributed by atoms with Crippen LogP contribution in [0.5, 0.6) is 0 Å². The first-order valence-corrected chi connectivity index (χ1v) is 8.01. The Labute approximate surface area is 134 Å². The van der Waals surface area contributed by atoms with Gasteiger partial charge in [0, 0.05) is 19.6 Å². The predicted octanol–water partition coefficient (Wildman–Crippen LogP) is 2.17. The molecule has 1 N–H and O–H groups in total. The fraction of sp³-hybridized carbons (Fsp3) is 0.611. The number of rotatable bonds is 8. The van der Waals surface area contributed by atoms with Crippen molar-refractivity contribution >= 4 is 5.91 Å². The molecule has 0 aliphatic carbocycles. The second-order valence-corrected chi connectivity index (χ2v) is 6.28. The molecule has 4 nitrogen and oxygen atoms in total. The van der Waals surface area contributed by atoms with Gasteiger partial charge in [-0.1, -0.05) is 30.3 Å². The van der Waals surface area contributed by atoms with E-state index < -0.39 is 0 Å². The molecule has 0 radical (unpaired) electrons. The Kier molecular flexibility index (Phi) is 7.56. The van der Waals surface area contributed by atoms with E-state index in [0.717, 1.165) is 6.42 Å². The minimum Gasteiger partial charge on any atom is -0.393 e. The van der Waals surface area contributed by atoms with Gasteiger partial charge in [-0.3, -0.25) is 9.69 Å². The van der Waals surface area contributed by atoms with Crippen LogP contribution < -0.4 is 0 Å². The molecule has 0 fully saturated rings. The fourth-order valence-electron chi connectivity index (χ4n) is 2.38. The number of amides is 1. The Bertz CT molecular complexity index is 448. The van der Waals surface area contributed by atoms with E-state index in [0.29, 0.717) is 13.0 Å². The van der Waals surface area contributed by atoms with Gasteiger partial charge < -0.3 is 10.0 Å². The summed E-state index contributed by atoms with van der Waals surface area (Å²) in [6, 6.07) is 10.2. The number of aliphatic hydroxyl groups is 1. The van der Waals surface area contributed by atoms with Crippen molar-refractivity contribution in [1.29, 1.82) is 0 Å². The molecule has 0 spiro atoms. The molecule has 3 atom stereocenters. The molecule has 1 aromatic rings. The van der Waals surface area contributed by atoms with Gasteiger partial charge in [-0.05, 0) is 46.2 Å². The summed E-state index contributed by atoms with van der Waals surface area (Å²) in [7, 11) is 3.80. The highest BCUT2D eigenvalue weighted by Crippen LogP contribution is 2.10. The van der Waals surface area contributed by atoms with Crippen LogP contribution in [0, 0.1) is 0 Å². The minimum atomic E-state index is -0.334. The molecular formula is C18H30N2O2. The van der Waals surface area contributed by atoms with E-state index in [4.69, 9.17) is 0 Å². The van der Waals surface area contributed by atoms with Crippen LogP contribution in [0.15, 0.2) is 30.3 Å². The fourth-order valence-corrected chi connectivity index (χ4v) is 2.38. The smallest absolute Gasteiger partial charge is 0.239 e. The Morgan fingerprint density at radius 2 is 1.73 bits per heavy atom. The number of hydrogen-bond acceptors (Lipinski definition) is 3. The maximum Gasteiger partial charge on any atom is 0.239 e. The summed E-state index contributed by atoms with van der Waals surface area (Å²) in [4.78, 5) is 16.4. The van der Waals surface area contributed by atoms with Crippen molar-refractivity contribution < 1.29 is 9.90 Å². The molecule has 0 saturated carbocycles. The van der Waals surface area contributed by atoms with Crippen LogP contribution in [0.25, 0.3) is 0 Å². The Morgan fingerprint density at radius 1 is 1.14 bits per heavy atom. The highest BCUT2D eigenvalue weighted by Gasteiger charge is 2.24. The third kappa shape index (κ3) is 5.78. The summed E-state index contributed by atoms with van der Waals surface area (Å²) in [5.74, 6) is 0.122. The van der Waals surface area contributed by atoms with Crippen LogP contribution >= 0.6 is 0 Å². The lowest BCUT2D eigenvalue weighted by molar-refractivity contribution is -0.136. The molecule has 0 saturated heterocycles. The minimum absolute atomic E-state index is 0.122. The standard InChI is InChI=1S/C18H30N2O2/c1-14(13-17-9-7-6-8-10-17)20(5)18(22)16(3)19(4)12-11-15(2)21/h6-10,14-16,21H,11-13H2,1-5H3/t14?,15-,16+/m1/s1. The van der Waals surface area contributed by atoms with Gasteiger partial charge in [-0.2, -0.15) is 0 Å². The van der Waals surface area contributed by atoms with Crippen molar-refractivity contribution in [2.75, 3.05) is 20.6 Å². The van der Waals surface area contributed by atoms with E-state index in [9.17, 15) is 9.90 Å². The van der Waals surface area contributed by atoms with E-state index >= 15 is 0 Å². The Morgan fingerprint density at radius 3 is 2.27 bits per heavy atom. The lowest BCUT2D eigenvalue weighted by Crippen LogP contribution is -2.48. The molecule has 0 aliphatic rings. The first-order chi connectivity index (χ1) is 10.3. The maximum atomic E-state index is 12.6. The normalized spacial score (nSPS) is 15.4. The zero-order chi connectivity index (χ0) is 16.7. The van der Waals surface area contributed by atoms with Gasteiger partial charge in [0.15, 0.2) is 0 Å². The summed E-state index contributed by atoms with van der Waals surface area (Å²) in [5, 5.41) is 9.36. The topological polar surface area (TPSA) is 43.8 Å². The van der Waals surface area contributed by atoms with Crippen LogP contribution in [0.3, 0.4) is 0 Å². The Balaban J connectivity index is 2.55. The molecule has 1 aromatic carbocycles. The number of nitrogens with zero attached hydrogens (tertiary/aromatic N) is 2. The van der Waals surface area contributed by atoms with E-state index in [1.807, 2.05) is 49.0 Å². The molecule has 0 bridgehead atoms. The van der Waals surface area contributed by atoms with Crippen molar-refractivity contribution in [3.63, 3.8) is 0 Å². The average Bonchev–Trinajstić information content (AvgIpc) is 2.51. The highest BCUT2D eigenvalue weighted by molar-refractivity contribution is 5.81. The van der Waals surface area contributed by atoms with E-state index in [1.165, 1.54) is 5.56 Å². The van der Waals surface area contributed by atoms with Crippen molar-refractivity contribution in [3.8, 4) is 0 Å². The van der Waals surface area contributed by atoms with Crippen molar-refractivity contribution in [2.24, 2.45) is 0 Å². The molecule has 0 aromatic heterocycles. The number of likely N-dealkylation sites (N-methyl/N-ethyl adjacent to an activating group) is 2. The number of aliphatic hydroxyl groups excluding tert-OH is 1. The zero-order valence-corrected chi connectivity index (χ0v) is 14.5. The van der Waals surface area contributed by atoms with Crippen LogP contribution in [-0.2, 0) is 11.2 Å². The van der Waals surface area contributed by atoms with Crippen LogP contribution in [0.2, 0.25) is 0 Å². The Hall–Kier alpha value is -1.39. The van der Waals surface area contributed by atoms with E-state index in [1.54, 1.807) is 6.92 Å². The largest absolute Gasteiger partial charge is 0.393 e. The highest BCUT2D eigenvalue weighted by atomic mass is 16.3. The molecule has 0 aliphatic heterocycles.